The molecule has 0 fully saturated rings. The summed E-state index contributed by atoms with van der Waals surface area (Å²) in [5.41, 5.74) is 3.45. The lowest BCUT2D eigenvalue weighted by molar-refractivity contribution is -0.112. The molecule has 0 bridgehead atoms. The number of fused-ring (bicyclic) bond motifs is 1. The molecule has 1 aliphatic rings. The number of carbonyl (C=O) groups is 1. The van der Waals surface area contributed by atoms with E-state index in [4.69, 9.17) is 11.6 Å². The number of anilines is 2. The van der Waals surface area contributed by atoms with Crippen molar-refractivity contribution >= 4 is 28.9 Å². The summed E-state index contributed by atoms with van der Waals surface area (Å²) in [6.07, 6.45) is 5.95. The van der Waals surface area contributed by atoms with E-state index in [1.807, 2.05) is 40.0 Å². The van der Waals surface area contributed by atoms with Gasteiger partial charge in [0, 0.05) is 29.8 Å². The van der Waals surface area contributed by atoms with Gasteiger partial charge < -0.3 is 10.2 Å². The fourth-order valence-corrected chi connectivity index (χ4v) is 2.47. The number of nitrogens with one attached hydrogen (secondary N) is 1. The van der Waals surface area contributed by atoms with Crippen LogP contribution in [0, 0.1) is 0 Å². The SMILES string of the molecule is CC.CC/C=C\CC1=C(C)C(=O)Nc2cc(Cl)ccc2N1C. The van der Waals surface area contributed by atoms with Crippen molar-refractivity contribution in [2.24, 2.45) is 0 Å². The van der Waals surface area contributed by atoms with E-state index < -0.39 is 0 Å². The first kappa shape index (κ1) is 18.3. The Morgan fingerprint density at radius 1 is 1.27 bits per heavy atom. The van der Waals surface area contributed by atoms with Gasteiger partial charge in [-0.05, 0) is 31.5 Å². The predicted octanol–water partition coefficient (Wildman–Crippen LogP) is 5.38. The molecule has 1 amide bonds. The van der Waals surface area contributed by atoms with Crippen LogP contribution in [0.25, 0.3) is 0 Å². The average molecular weight is 321 g/mol. The third kappa shape index (κ3) is 4.14. The van der Waals surface area contributed by atoms with Crippen molar-refractivity contribution in [2.45, 2.75) is 40.5 Å². The molecule has 1 aromatic carbocycles. The van der Waals surface area contributed by atoms with Gasteiger partial charge in [0.05, 0.1) is 11.4 Å². The van der Waals surface area contributed by atoms with Crippen molar-refractivity contribution in [1.82, 2.24) is 0 Å². The van der Waals surface area contributed by atoms with E-state index >= 15 is 0 Å². The summed E-state index contributed by atoms with van der Waals surface area (Å²) in [6.45, 7) is 7.95. The van der Waals surface area contributed by atoms with Crippen LogP contribution in [-0.4, -0.2) is 13.0 Å². The molecule has 0 unspecified atom stereocenters. The highest BCUT2D eigenvalue weighted by Crippen LogP contribution is 2.35. The number of amides is 1. The van der Waals surface area contributed by atoms with Crippen LogP contribution >= 0.6 is 11.6 Å². The first-order valence-corrected chi connectivity index (χ1v) is 8.11. The van der Waals surface area contributed by atoms with Gasteiger partial charge in [-0.1, -0.05) is 44.5 Å². The third-order valence-corrected chi connectivity index (χ3v) is 3.70. The van der Waals surface area contributed by atoms with E-state index in [1.165, 1.54) is 0 Å². The first-order chi connectivity index (χ1) is 10.5. The number of hydrogen-bond donors (Lipinski definition) is 1. The second kappa shape index (κ2) is 8.64. The maximum atomic E-state index is 12.2. The summed E-state index contributed by atoms with van der Waals surface area (Å²) in [7, 11) is 1.98. The minimum atomic E-state index is -0.0715. The molecule has 1 heterocycles. The molecule has 0 saturated heterocycles. The van der Waals surface area contributed by atoms with E-state index in [2.05, 4.69) is 29.3 Å². The van der Waals surface area contributed by atoms with E-state index in [9.17, 15) is 4.79 Å². The molecule has 0 aliphatic carbocycles. The Bertz CT molecular complexity index is 591. The van der Waals surface area contributed by atoms with Gasteiger partial charge in [0.1, 0.15) is 0 Å². The molecule has 1 aliphatic heterocycles. The summed E-state index contributed by atoms with van der Waals surface area (Å²) in [5, 5.41) is 3.53. The van der Waals surface area contributed by atoms with Gasteiger partial charge in [0.15, 0.2) is 0 Å². The molecule has 22 heavy (non-hydrogen) atoms. The second-order valence-corrected chi connectivity index (χ2v) is 5.27. The number of benzene rings is 1. The minimum absolute atomic E-state index is 0.0715. The number of hydrogen-bond acceptors (Lipinski definition) is 2. The van der Waals surface area contributed by atoms with Crippen LogP contribution in [0.1, 0.15) is 40.5 Å². The van der Waals surface area contributed by atoms with Crippen molar-refractivity contribution in [1.29, 1.82) is 0 Å². The summed E-state index contributed by atoms with van der Waals surface area (Å²) in [6, 6.07) is 5.55. The number of carbonyl (C=O) groups excluding carboxylic acids is 1. The van der Waals surface area contributed by atoms with E-state index in [1.54, 1.807) is 6.07 Å². The summed E-state index contributed by atoms with van der Waals surface area (Å²) < 4.78 is 0. The first-order valence-electron chi connectivity index (χ1n) is 7.74. The smallest absolute Gasteiger partial charge is 0.253 e. The minimum Gasteiger partial charge on any atom is -0.346 e. The Morgan fingerprint density at radius 2 is 1.95 bits per heavy atom. The van der Waals surface area contributed by atoms with Crippen molar-refractivity contribution < 1.29 is 4.79 Å². The van der Waals surface area contributed by atoms with Crippen LogP contribution in [0.15, 0.2) is 41.6 Å². The highest BCUT2D eigenvalue weighted by atomic mass is 35.5. The standard InChI is InChI=1S/C16H19ClN2O.C2H6/c1-4-5-6-7-14-11(2)16(20)18-13-10-12(17)8-9-15(13)19(14)3;1-2/h5-6,8-10H,4,7H2,1-3H3,(H,18,20);1-2H3/b6-5-;. The molecule has 0 saturated carbocycles. The lowest BCUT2D eigenvalue weighted by Crippen LogP contribution is -2.18. The zero-order chi connectivity index (χ0) is 16.7. The van der Waals surface area contributed by atoms with Crippen LogP contribution in [0.2, 0.25) is 5.02 Å². The van der Waals surface area contributed by atoms with Gasteiger partial charge in [-0.25, -0.2) is 0 Å². The summed E-state index contributed by atoms with van der Waals surface area (Å²) in [5.74, 6) is -0.0715. The fourth-order valence-electron chi connectivity index (χ4n) is 2.30. The maximum absolute atomic E-state index is 12.2. The van der Waals surface area contributed by atoms with Gasteiger partial charge in [-0.2, -0.15) is 0 Å². The van der Waals surface area contributed by atoms with Crippen molar-refractivity contribution in [2.75, 3.05) is 17.3 Å². The summed E-state index contributed by atoms with van der Waals surface area (Å²) >= 11 is 6.01. The number of rotatable bonds is 3. The molecule has 2 rings (SSSR count). The molecular weight excluding hydrogens is 296 g/mol. The molecule has 1 N–H and O–H groups in total. The Labute approximate surface area is 138 Å². The van der Waals surface area contributed by atoms with Crippen molar-refractivity contribution in [3.63, 3.8) is 0 Å². The zero-order valence-corrected chi connectivity index (χ0v) is 14.8. The molecule has 1 aromatic rings. The fraction of sp³-hybridized carbons (Fsp3) is 0.389. The topological polar surface area (TPSA) is 32.3 Å². The van der Waals surface area contributed by atoms with Crippen molar-refractivity contribution in [3.8, 4) is 0 Å². The maximum Gasteiger partial charge on any atom is 0.253 e. The predicted molar refractivity (Wildman–Crippen MR) is 96.6 cm³/mol. The lowest BCUT2D eigenvalue weighted by Gasteiger charge is -2.23. The molecule has 0 atom stereocenters. The van der Waals surface area contributed by atoms with Gasteiger partial charge in [-0.15, -0.1) is 0 Å². The quantitative estimate of drug-likeness (QED) is 0.758. The van der Waals surface area contributed by atoms with Crippen LogP contribution in [-0.2, 0) is 4.79 Å². The van der Waals surface area contributed by atoms with Gasteiger partial charge in [0.2, 0.25) is 0 Å². The van der Waals surface area contributed by atoms with Gasteiger partial charge in [0.25, 0.3) is 5.91 Å². The molecule has 0 radical (unpaired) electrons. The normalized spacial score (nSPS) is 14.3. The Morgan fingerprint density at radius 3 is 2.59 bits per heavy atom. The Hall–Kier alpha value is -1.74. The van der Waals surface area contributed by atoms with Crippen LogP contribution in [0.3, 0.4) is 0 Å². The Kier molecular flexibility index (Phi) is 7.19. The van der Waals surface area contributed by atoms with Crippen LogP contribution in [0.5, 0.6) is 0 Å². The number of halogens is 1. The lowest BCUT2D eigenvalue weighted by atomic mass is 10.1. The molecule has 3 nitrogen and oxygen atoms in total. The number of nitrogens with zero attached hydrogens (tertiary/aromatic N) is 1. The number of allylic oxidation sites excluding steroid dienone is 2. The van der Waals surface area contributed by atoms with Crippen LogP contribution in [0.4, 0.5) is 11.4 Å². The molecule has 0 aromatic heterocycles. The largest absolute Gasteiger partial charge is 0.346 e. The highest BCUT2D eigenvalue weighted by Gasteiger charge is 2.22. The van der Waals surface area contributed by atoms with E-state index in [0.717, 1.165) is 35.5 Å². The van der Waals surface area contributed by atoms with E-state index in [0.29, 0.717) is 5.02 Å². The zero-order valence-electron chi connectivity index (χ0n) is 14.0. The van der Waals surface area contributed by atoms with Crippen molar-refractivity contribution in [3.05, 3.63) is 46.6 Å². The monoisotopic (exact) mass is 320 g/mol. The molecular formula is C18H25ClN2O. The van der Waals surface area contributed by atoms with E-state index in [-0.39, 0.29) is 5.91 Å². The highest BCUT2D eigenvalue weighted by molar-refractivity contribution is 6.31. The molecule has 4 heteroatoms. The van der Waals surface area contributed by atoms with Crippen LogP contribution < -0.4 is 10.2 Å². The Balaban J connectivity index is 0.00000116. The molecule has 120 valence electrons. The third-order valence-electron chi connectivity index (χ3n) is 3.46. The average Bonchev–Trinajstić information content (AvgIpc) is 2.60. The summed E-state index contributed by atoms with van der Waals surface area (Å²) in [4.78, 5) is 14.3. The van der Waals surface area contributed by atoms with Gasteiger partial charge in [-0.3, -0.25) is 4.79 Å². The second-order valence-electron chi connectivity index (χ2n) is 4.83. The molecule has 0 spiro atoms. The van der Waals surface area contributed by atoms with Gasteiger partial charge >= 0.3 is 0 Å².